The molecule has 0 aliphatic heterocycles. The average Bonchev–Trinajstić information content (AvgIpc) is 3.40. The van der Waals surface area contributed by atoms with Gasteiger partial charge in [-0.2, -0.15) is 0 Å². The van der Waals surface area contributed by atoms with Crippen LogP contribution < -0.4 is 0 Å². The van der Waals surface area contributed by atoms with E-state index >= 15 is 0 Å². The van der Waals surface area contributed by atoms with Crippen LogP contribution in [0.2, 0.25) is 0 Å². The van der Waals surface area contributed by atoms with Crippen molar-refractivity contribution < 1.29 is 42.1 Å². The van der Waals surface area contributed by atoms with Crippen molar-refractivity contribution in [3.05, 3.63) is 97.2 Å². The first kappa shape index (κ1) is 74.9. The molecule has 0 saturated heterocycles. The van der Waals surface area contributed by atoms with Crippen LogP contribution in [0, 0.1) is 0 Å². The molecule has 0 radical (unpaired) electrons. The molecule has 0 aromatic carbocycles. The first-order chi connectivity index (χ1) is 38.0. The lowest BCUT2D eigenvalue weighted by Gasteiger charge is -2.24. The fourth-order valence-electron chi connectivity index (χ4n) is 8.70. The van der Waals surface area contributed by atoms with Crippen LogP contribution in [0.15, 0.2) is 97.2 Å². The van der Waals surface area contributed by atoms with Crippen LogP contribution in [-0.2, 0) is 32.7 Å². The van der Waals surface area contributed by atoms with Crippen LogP contribution in [0.3, 0.4) is 0 Å². The third-order valence-corrected chi connectivity index (χ3v) is 14.6. The van der Waals surface area contributed by atoms with Gasteiger partial charge in [-0.05, 0) is 96.3 Å². The highest BCUT2D eigenvalue weighted by atomic mass is 31.2. The maximum absolute atomic E-state index is 12.8. The number of ether oxygens (including phenoxy) is 2. The van der Waals surface area contributed by atoms with Crippen molar-refractivity contribution in [2.24, 2.45) is 0 Å². The Bertz CT molecular complexity index is 1640. The number of carbonyl (C=O) groups excluding carboxylic acids is 2. The van der Waals surface area contributed by atoms with Gasteiger partial charge >= 0.3 is 19.8 Å². The topological polar surface area (TPSA) is 108 Å². The molecule has 0 aliphatic carbocycles. The predicted octanol–water partition coefficient (Wildman–Crippen LogP) is 20.4. The molecule has 0 amide bonds. The summed E-state index contributed by atoms with van der Waals surface area (Å²) in [7, 11) is 1.45. The Morgan fingerprint density at radius 2 is 0.731 bits per heavy atom. The molecule has 10 heteroatoms. The molecule has 0 saturated carbocycles. The molecule has 2 atom stereocenters. The number of hydrogen-bond donors (Lipinski definition) is 1. The molecular formula is C68H121NO8P+. The van der Waals surface area contributed by atoms with E-state index in [1.165, 1.54) is 154 Å². The summed E-state index contributed by atoms with van der Waals surface area (Å²) in [6.07, 6.45) is 80.7. The van der Waals surface area contributed by atoms with Crippen LogP contribution in [-0.4, -0.2) is 74.9 Å². The molecule has 1 N–H and O–H groups in total. The number of carbonyl (C=O) groups is 2. The minimum Gasteiger partial charge on any atom is -0.462 e. The Balaban J connectivity index is 4.16. The second kappa shape index (κ2) is 58.6. The number of nitrogens with zero attached hydrogens (tertiary/aromatic N) is 1. The molecule has 0 aromatic rings. The minimum absolute atomic E-state index is 0.0208. The lowest BCUT2D eigenvalue weighted by Crippen LogP contribution is -2.37. The second-order valence-electron chi connectivity index (χ2n) is 22.4. The van der Waals surface area contributed by atoms with Crippen molar-refractivity contribution in [1.82, 2.24) is 0 Å². The van der Waals surface area contributed by atoms with Crippen molar-refractivity contribution in [3.8, 4) is 0 Å². The standard InChI is InChI=1S/C68H120NO8P/c1-6-8-10-12-14-16-18-20-22-24-26-28-30-32-33-34-35-37-38-40-42-44-46-48-50-52-54-56-58-60-67(70)74-64-66(65-76-78(72,73)75-63-62-69(3,4)5)77-68(71)61-59-57-55-53-51-49-47-45-43-41-39-36-31-29-27-25-23-21-19-17-15-13-11-9-7-2/h9,11,15,17,21,23-24,26-27,29,36,39,43,45,49,51,66H,6-8,10,12-14,16,18-20,22,25,28,30-35,37-38,40-42,44,46-48,50,52-65H2,1-5H3/p+1/b11-9-,17-15-,23-21-,26-24-,29-27-,39-36-,45-43-,51-49-. The SMILES string of the molecule is CC/C=C\C/C=C\C/C=C\C/C=C\C/C=C\C/C=C\C/C=C\CCCCCC(=O)OC(COC(=O)CCCCCCCCCCCCCCCCCCC/C=C\CCCCCCCCCC)COP(=O)(O)OCC[N+](C)(C)C. The lowest BCUT2D eigenvalue weighted by atomic mass is 10.0. The highest BCUT2D eigenvalue weighted by Crippen LogP contribution is 2.43. The first-order valence-electron chi connectivity index (χ1n) is 32.0. The van der Waals surface area contributed by atoms with Gasteiger partial charge in [-0.15, -0.1) is 0 Å². The molecule has 0 heterocycles. The Labute approximate surface area is 481 Å². The summed E-state index contributed by atoms with van der Waals surface area (Å²) in [5.41, 5.74) is 0. The Hall–Kier alpha value is -3.07. The zero-order valence-electron chi connectivity index (χ0n) is 51.1. The maximum Gasteiger partial charge on any atom is 0.472 e. The van der Waals surface area contributed by atoms with E-state index in [1.54, 1.807) is 0 Å². The number of likely N-dealkylation sites (N-methyl/N-ethyl adjacent to an activating group) is 1. The molecule has 450 valence electrons. The van der Waals surface area contributed by atoms with Crippen LogP contribution in [0.4, 0.5) is 0 Å². The van der Waals surface area contributed by atoms with Gasteiger partial charge in [0, 0.05) is 12.8 Å². The number of esters is 2. The van der Waals surface area contributed by atoms with Gasteiger partial charge in [-0.1, -0.05) is 259 Å². The third kappa shape index (κ3) is 62.1. The lowest BCUT2D eigenvalue weighted by molar-refractivity contribution is -0.870. The van der Waals surface area contributed by atoms with Crippen molar-refractivity contribution in [2.75, 3.05) is 47.5 Å². The largest absolute Gasteiger partial charge is 0.472 e. The molecule has 0 spiro atoms. The molecule has 2 unspecified atom stereocenters. The highest BCUT2D eigenvalue weighted by molar-refractivity contribution is 7.47. The highest BCUT2D eigenvalue weighted by Gasteiger charge is 2.27. The fraction of sp³-hybridized carbons (Fsp3) is 0.735. The van der Waals surface area contributed by atoms with E-state index in [0.717, 1.165) is 83.5 Å². The van der Waals surface area contributed by atoms with Crippen LogP contribution in [0.25, 0.3) is 0 Å². The van der Waals surface area contributed by atoms with E-state index in [9.17, 15) is 19.0 Å². The van der Waals surface area contributed by atoms with Crippen LogP contribution >= 0.6 is 7.82 Å². The number of rotatable bonds is 58. The summed E-state index contributed by atoms with van der Waals surface area (Å²) >= 11 is 0. The van der Waals surface area contributed by atoms with Gasteiger partial charge < -0.3 is 18.9 Å². The number of unbranched alkanes of at least 4 members (excludes halogenated alkanes) is 28. The van der Waals surface area contributed by atoms with Crippen molar-refractivity contribution in [2.45, 2.75) is 277 Å². The van der Waals surface area contributed by atoms with E-state index in [4.69, 9.17) is 18.5 Å². The zero-order valence-corrected chi connectivity index (χ0v) is 52.0. The molecule has 0 aromatic heterocycles. The van der Waals surface area contributed by atoms with Crippen molar-refractivity contribution in [3.63, 3.8) is 0 Å². The average molecular weight is 1110 g/mol. The summed E-state index contributed by atoms with van der Waals surface area (Å²) < 4.78 is 34.6. The summed E-state index contributed by atoms with van der Waals surface area (Å²) in [5.74, 6) is -0.833. The van der Waals surface area contributed by atoms with Crippen LogP contribution in [0.1, 0.15) is 271 Å². The smallest absolute Gasteiger partial charge is 0.462 e. The summed E-state index contributed by atoms with van der Waals surface area (Å²) in [6.45, 7) is 4.30. The molecule has 78 heavy (non-hydrogen) atoms. The molecule has 0 fully saturated rings. The van der Waals surface area contributed by atoms with Gasteiger partial charge in [0.15, 0.2) is 6.10 Å². The van der Waals surface area contributed by atoms with Gasteiger partial charge in [-0.3, -0.25) is 18.6 Å². The Morgan fingerprint density at radius 3 is 1.12 bits per heavy atom. The second-order valence-corrected chi connectivity index (χ2v) is 23.9. The Morgan fingerprint density at radius 1 is 0.410 bits per heavy atom. The number of quaternary nitrogens is 1. The van der Waals surface area contributed by atoms with E-state index in [1.807, 2.05) is 21.1 Å². The van der Waals surface area contributed by atoms with Gasteiger partial charge in [0.1, 0.15) is 19.8 Å². The zero-order chi connectivity index (χ0) is 57.0. The van der Waals surface area contributed by atoms with E-state index in [0.29, 0.717) is 17.4 Å². The van der Waals surface area contributed by atoms with Crippen molar-refractivity contribution >= 4 is 19.8 Å². The maximum atomic E-state index is 12.8. The third-order valence-electron chi connectivity index (χ3n) is 13.6. The summed E-state index contributed by atoms with van der Waals surface area (Å²) in [5, 5.41) is 0. The van der Waals surface area contributed by atoms with Crippen LogP contribution in [0.5, 0.6) is 0 Å². The summed E-state index contributed by atoms with van der Waals surface area (Å²) in [4.78, 5) is 35.8. The molecular weight excluding hydrogens is 990 g/mol. The quantitative estimate of drug-likeness (QED) is 0.0211. The monoisotopic (exact) mass is 1110 g/mol. The molecule has 0 rings (SSSR count). The molecule has 9 nitrogen and oxygen atoms in total. The van der Waals surface area contributed by atoms with Gasteiger partial charge in [0.2, 0.25) is 0 Å². The molecule has 0 aliphatic rings. The Kier molecular flexibility index (Phi) is 56.3. The number of phosphoric ester groups is 1. The van der Waals surface area contributed by atoms with Crippen molar-refractivity contribution in [1.29, 1.82) is 0 Å². The van der Waals surface area contributed by atoms with E-state index < -0.39 is 26.5 Å². The van der Waals surface area contributed by atoms with Gasteiger partial charge in [0.25, 0.3) is 0 Å². The number of allylic oxidation sites excluding steroid dienone is 16. The van der Waals surface area contributed by atoms with Gasteiger partial charge in [-0.25, -0.2) is 4.57 Å². The first-order valence-corrected chi connectivity index (χ1v) is 33.5. The predicted molar refractivity (Wildman–Crippen MR) is 335 cm³/mol. The molecule has 0 bridgehead atoms. The normalized spacial score (nSPS) is 13.9. The number of phosphoric acid groups is 1. The number of hydrogen-bond acceptors (Lipinski definition) is 7. The summed E-state index contributed by atoms with van der Waals surface area (Å²) in [6, 6.07) is 0. The van der Waals surface area contributed by atoms with E-state index in [-0.39, 0.29) is 32.0 Å². The van der Waals surface area contributed by atoms with E-state index in [2.05, 4.69) is 111 Å². The fourth-order valence-corrected chi connectivity index (χ4v) is 9.44. The minimum atomic E-state index is -4.40. The van der Waals surface area contributed by atoms with Gasteiger partial charge in [0.05, 0.1) is 27.7 Å².